The fourth-order valence-electron chi connectivity index (χ4n) is 5.70. The largest absolute Gasteiger partial charge is 0.496 e. The molecule has 9 heteroatoms. The van der Waals surface area contributed by atoms with E-state index in [0.717, 1.165) is 22.3 Å². The lowest BCUT2D eigenvalue weighted by Crippen LogP contribution is -2.51. The SMILES string of the molecule is COc1cc([C@@H](O[Si](C)(C)C(C)(C)C)[C@@H](OC2=Cc3ccccc3C2)C(=O)N2C(=O)OC[C@H]2Cc2ccccc2)cc(OC)c1C. The van der Waals surface area contributed by atoms with Gasteiger partial charge in [0.05, 0.1) is 20.3 Å². The predicted molar refractivity (Wildman–Crippen MR) is 180 cm³/mol. The number of nitrogens with zero attached hydrogens (tertiary/aromatic N) is 1. The zero-order chi connectivity index (χ0) is 33.2. The van der Waals surface area contributed by atoms with Crippen molar-refractivity contribution in [3.63, 3.8) is 0 Å². The van der Waals surface area contributed by atoms with Gasteiger partial charge in [0.25, 0.3) is 5.91 Å². The molecule has 0 radical (unpaired) electrons. The second-order valence-corrected chi connectivity index (χ2v) is 18.3. The van der Waals surface area contributed by atoms with Crippen molar-refractivity contribution in [1.29, 1.82) is 0 Å². The van der Waals surface area contributed by atoms with Crippen LogP contribution in [0.25, 0.3) is 6.08 Å². The molecule has 0 saturated carbocycles. The Hall–Kier alpha value is -4.08. The lowest BCUT2D eigenvalue weighted by Gasteiger charge is -2.42. The minimum absolute atomic E-state index is 0.0975. The van der Waals surface area contributed by atoms with Gasteiger partial charge >= 0.3 is 6.09 Å². The number of amides is 2. The summed E-state index contributed by atoms with van der Waals surface area (Å²) < 4.78 is 30.9. The summed E-state index contributed by atoms with van der Waals surface area (Å²) >= 11 is 0. The lowest BCUT2D eigenvalue weighted by molar-refractivity contribution is -0.145. The third-order valence-electron chi connectivity index (χ3n) is 9.38. The Balaban J connectivity index is 1.63. The third-order valence-corrected chi connectivity index (χ3v) is 13.8. The van der Waals surface area contributed by atoms with Gasteiger partial charge in [-0.1, -0.05) is 75.4 Å². The number of allylic oxidation sites excluding steroid dienone is 1. The minimum Gasteiger partial charge on any atom is -0.496 e. The molecule has 1 aliphatic carbocycles. The molecule has 2 aliphatic rings. The van der Waals surface area contributed by atoms with Crippen molar-refractivity contribution in [3.8, 4) is 11.5 Å². The van der Waals surface area contributed by atoms with Crippen LogP contribution in [0.2, 0.25) is 18.1 Å². The van der Waals surface area contributed by atoms with Gasteiger partial charge < -0.3 is 23.4 Å². The average Bonchev–Trinajstić information content (AvgIpc) is 3.60. The Morgan fingerprint density at radius 3 is 2.24 bits per heavy atom. The summed E-state index contributed by atoms with van der Waals surface area (Å²) in [4.78, 5) is 29.4. The highest BCUT2D eigenvalue weighted by atomic mass is 28.4. The Labute approximate surface area is 273 Å². The summed E-state index contributed by atoms with van der Waals surface area (Å²) in [5, 5.41) is -0.191. The molecule has 1 aliphatic heterocycles. The molecule has 2 amide bonds. The van der Waals surface area contributed by atoms with Crippen LogP contribution in [0.1, 0.15) is 54.7 Å². The molecule has 8 nitrogen and oxygen atoms in total. The van der Waals surface area contributed by atoms with E-state index in [4.69, 9.17) is 23.4 Å². The number of hydrogen-bond donors (Lipinski definition) is 0. The number of hydrogen-bond acceptors (Lipinski definition) is 7. The first-order valence-electron chi connectivity index (χ1n) is 15.7. The number of cyclic esters (lactones) is 1. The lowest BCUT2D eigenvalue weighted by atomic mass is 9.99. The first kappa shape index (κ1) is 33.3. The summed E-state index contributed by atoms with van der Waals surface area (Å²) in [7, 11) is 0.651. The van der Waals surface area contributed by atoms with Crippen molar-refractivity contribution in [1.82, 2.24) is 4.90 Å². The summed E-state index contributed by atoms with van der Waals surface area (Å²) in [5.74, 6) is 1.31. The molecule has 244 valence electrons. The van der Waals surface area contributed by atoms with Crippen molar-refractivity contribution in [2.75, 3.05) is 20.8 Å². The van der Waals surface area contributed by atoms with Crippen LogP contribution in [0, 0.1) is 6.92 Å². The summed E-state index contributed by atoms with van der Waals surface area (Å²) in [6.07, 6.45) is 0.139. The number of carbonyl (C=O) groups excluding carboxylic acids is 2. The maximum atomic E-state index is 14.9. The maximum Gasteiger partial charge on any atom is 0.417 e. The van der Waals surface area contributed by atoms with E-state index in [1.165, 1.54) is 4.90 Å². The minimum atomic E-state index is -2.55. The Morgan fingerprint density at radius 2 is 1.63 bits per heavy atom. The normalized spacial score (nSPS) is 17.6. The van der Waals surface area contributed by atoms with Gasteiger partial charge in [-0.2, -0.15) is 0 Å². The van der Waals surface area contributed by atoms with Crippen molar-refractivity contribution >= 4 is 26.4 Å². The van der Waals surface area contributed by atoms with Crippen LogP contribution >= 0.6 is 0 Å². The van der Waals surface area contributed by atoms with Gasteiger partial charge in [0, 0.05) is 12.0 Å². The van der Waals surface area contributed by atoms with Crippen molar-refractivity contribution in [3.05, 3.63) is 100 Å². The first-order valence-corrected chi connectivity index (χ1v) is 18.6. The molecule has 3 aromatic rings. The van der Waals surface area contributed by atoms with E-state index >= 15 is 0 Å². The van der Waals surface area contributed by atoms with Crippen molar-refractivity contribution in [2.24, 2.45) is 0 Å². The number of ether oxygens (including phenoxy) is 4. The van der Waals surface area contributed by atoms with Crippen LogP contribution in [0.5, 0.6) is 11.5 Å². The van der Waals surface area contributed by atoms with Gasteiger partial charge in [0.15, 0.2) is 8.32 Å². The fraction of sp³-hybridized carbons (Fsp3) is 0.405. The molecule has 1 heterocycles. The number of carbonyl (C=O) groups is 2. The van der Waals surface area contributed by atoms with Crippen LogP contribution in [0.4, 0.5) is 4.79 Å². The van der Waals surface area contributed by atoms with Gasteiger partial charge in [0.1, 0.15) is 30.0 Å². The van der Waals surface area contributed by atoms with Gasteiger partial charge in [-0.3, -0.25) is 4.79 Å². The summed E-state index contributed by atoms with van der Waals surface area (Å²) in [6, 6.07) is 21.1. The highest BCUT2D eigenvalue weighted by molar-refractivity contribution is 6.74. The monoisotopic (exact) mass is 643 g/mol. The molecule has 0 aromatic heterocycles. The quantitative estimate of drug-likeness (QED) is 0.199. The topological polar surface area (TPSA) is 83.5 Å². The second kappa shape index (κ2) is 13.3. The molecule has 1 fully saturated rings. The zero-order valence-corrected chi connectivity index (χ0v) is 29.1. The van der Waals surface area contributed by atoms with Crippen LogP contribution in [-0.2, 0) is 31.5 Å². The molecule has 3 aromatic carbocycles. The Morgan fingerprint density at radius 1 is 1.00 bits per heavy atom. The zero-order valence-electron chi connectivity index (χ0n) is 28.1. The van der Waals surface area contributed by atoms with Gasteiger partial charge in [-0.25, -0.2) is 9.69 Å². The molecule has 0 spiro atoms. The number of methoxy groups -OCH3 is 2. The number of fused-ring (bicyclic) bond motifs is 1. The molecule has 5 rings (SSSR count). The summed E-state index contributed by atoms with van der Waals surface area (Å²) in [5.41, 5.74) is 4.62. The first-order chi connectivity index (χ1) is 21.8. The van der Waals surface area contributed by atoms with E-state index in [1.807, 2.05) is 79.7 Å². The molecule has 46 heavy (non-hydrogen) atoms. The van der Waals surface area contributed by atoms with Crippen molar-refractivity contribution < 1.29 is 33.0 Å². The fourth-order valence-corrected chi connectivity index (χ4v) is 6.95. The molecular formula is C37H45NO7Si. The van der Waals surface area contributed by atoms with Crippen LogP contribution in [0.3, 0.4) is 0 Å². The molecular weight excluding hydrogens is 598 g/mol. The van der Waals surface area contributed by atoms with E-state index in [9.17, 15) is 9.59 Å². The molecule has 0 bridgehead atoms. The highest BCUT2D eigenvalue weighted by Gasteiger charge is 2.49. The summed E-state index contributed by atoms with van der Waals surface area (Å²) in [6.45, 7) is 12.7. The second-order valence-electron chi connectivity index (χ2n) is 13.5. The number of rotatable bonds is 11. The third kappa shape index (κ3) is 6.85. The standard InChI is InChI=1S/C37H45NO7Si/c1-24-31(41-5)21-28(22-32(24)42-6)33(45-46(7,8)37(2,3)4)34(44-30-19-26-16-12-13-17-27(26)20-30)35(39)38-29(23-43-36(38)40)18-25-14-10-9-11-15-25/h9-17,19,21-22,29,33-34H,18,20,23H2,1-8H3/t29-,33-,34-/m1/s1. The molecule has 3 atom stereocenters. The van der Waals surface area contributed by atoms with Gasteiger partial charge in [-0.15, -0.1) is 0 Å². The van der Waals surface area contributed by atoms with E-state index in [1.54, 1.807) is 14.2 Å². The Bertz CT molecular complexity index is 1590. The molecule has 0 N–H and O–H groups in total. The van der Waals surface area contributed by atoms with Crippen LogP contribution in [-0.4, -0.2) is 58.2 Å². The molecule has 1 saturated heterocycles. The van der Waals surface area contributed by atoms with E-state index in [0.29, 0.717) is 35.7 Å². The highest BCUT2D eigenvalue weighted by Crippen LogP contribution is 2.44. The van der Waals surface area contributed by atoms with Crippen LogP contribution < -0.4 is 9.47 Å². The Kier molecular flexibility index (Phi) is 9.65. The van der Waals surface area contributed by atoms with E-state index in [-0.39, 0.29) is 11.6 Å². The maximum absolute atomic E-state index is 14.9. The number of benzene rings is 3. The van der Waals surface area contributed by atoms with E-state index in [2.05, 4.69) is 33.9 Å². The predicted octanol–water partition coefficient (Wildman–Crippen LogP) is 7.65. The van der Waals surface area contributed by atoms with Gasteiger partial charge in [-0.05, 0) is 71.9 Å². The van der Waals surface area contributed by atoms with Gasteiger partial charge in [0.2, 0.25) is 6.10 Å². The smallest absolute Gasteiger partial charge is 0.417 e. The van der Waals surface area contributed by atoms with Crippen LogP contribution in [0.15, 0.2) is 72.5 Å². The number of imide groups is 1. The van der Waals surface area contributed by atoms with E-state index < -0.39 is 38.6 Å². The average molecular weight is 644 g/mol. The molecule has 0 unspecified atom stereocenters. The van der Waals surface area contributed by atoms with Crippen molar-refractivity contribution in [2.45, 2.75) is 76.9 Å².